The Morgan fingerprint density at radius 3 is 2.61 bits per heavy atom. The summed E-state index contributed by atoms with van der Waals surface area (Å²) in [6.45, 7) is 6.82. The molecule has 0 unspecified atom stereocenters. The standard InChI is InChI=1S/C16H27N5O2/c1-23-14-13-19-9-11-20(12-10-19)15(22)16(3-6-17-7-4-16)21-8-2-5-18-21/h2,5,8,17H,3-4,6-7,9-14H2,1H3. The molecule has 7 nitrogen and oxygen atoms in total. The molecule has 0 bridgehead atoms. The van der Waals surface area contributed by atoms with E-state index >= 15 is 0 Å². The molecule has 0 atom stereocenters. The average molecular weight is 321 g/mol. The van der Waals surface area contributed by atoms with Crippen LogP contribution in [0.1, 0.15) is 12.8 Å². The molecule has 1 amide bonds. The minimum Gasteiger partial charge on any atom is -0.383 e. The Morgan fingerprint density at radius 1 is 1.26 bits per heavy atom. The monoisotopic (exact) mass is 321 g/mol. The zero-order chi connectivity index (χ0) is 16.1. The summed E-state index contributed by atoms with van der Waals surface area (Å²) >= 11 is 0. The minimum atomic E-state index is -0.510. The molecular weight excluding hydrogens is 294 g/mol. The van der Waals surface area contributed by atoms with E-state index < -0.39 is 5.54 Å². The van der Waals surface area contributed by atoms with Crippen molar-refractivity contribution in [1.29, 1.82) is 0 Å². The van der Waals surface area contributed by atoms with Crippen molar-refractivity contribution >= 4 is 5.91 Å². The molecule has 2 aliphatic rings. The van der Waals surface area contributed by atoms with Gasteiger partial charge in [0.2, 0.25) is 0 Å². The number of piperidine rings is 1. The maximum absolute atomic E-state index is 13.3. The molecule has 128 valence electrons. The van der Waals surface area contributed by atoms with E-state index in [-0.39, 0.29) is 5.91 Å². The SMILES string of the molecule is COCCN1CCN(C(=O)C2(n3cccn3)CCNCC2)CC1. The van der Waals surface area contributed by atoms with E-state index in [1.165, 1.54) is 0 Å². The van der Waals surface area contributed by atoms with Crippen molar-refractivity contribution in [2.75, 3.05) is 59.5 Å². The Labute approximate surface area is 137 Å². The highest BCUT2D eigenvalue weighted by Crippen LogP contribution is 2.29. The highest BCUT2D eigenvalue weighted by molar-refractivity contribution is 5.84. The zero-order valence-electron chi connectivity index (χ0n) is 13.9. The number of nitrogens with zero attached hydrogens (tertiary/aromatic N) is 4. The Hall–Kier alpha value is -1.44. The molecule has 7 heteroatoms. The van der Waals surface area contributed by atoms with E-state index in [2.05, 4.69) is 15.3 Å². The first-order chi connectivity index (χ1) is 11.3. The Balaban J connectivity index is 1.68. The first-order valence-corrected chi connectivity index (χ1v) is 8.48. The van der Waals surface area contributed by atoms with Crippen LogP contribution in [-0.4, -0.2) is 85.0 Å². The number of nitrogens with one attached hydrogen (secondary N) is 1. The van der Waals surface area contributed by atoms with Crippen LogP contribution in [-0.2, 0) is 15.1 Å². The van der Waals surface area contributed by atoms with Gasteiger partial charge in [0.25, 0.3) is 5.91 Å². The Kier molecular flexibility index (Phi) is 5.30. The van der Waals surface area contributed by atoms with E-state index in [0.29, 0.717) is 0 Å². The van der Waals surface area contributed by atoms with E-state index in [9.17, 15) is 4.79 Å². The molecule has 2 saturated heterocycles. The second kappa shape index (κ2) is 7.42. The van der Waals surface area contributed by atoms with Gasteiger partial charge in [0.1, 0.15) is 5.54 Å². The van der Waals surface area contributed by atoms with Crippen molar-refractivity contribution in [3.05, 3.63) is 18.5 Å². The molecule has 0 aromatic carbocycles. The highest BCUT2D eigenvalue weighted by atomic mass is 16.5. The van der Waals surface area contributed by atoms with Crippen molar-refractivity contribution < 1.29 is 9.53 Å². The summed E-state index contributed by atoms with van der Waals surface area (Å²) in [6.07, 6.45) is 5.30. The number of aromatic nitrogens is 2. The van der Waals surface area contributed by atoms with Gasteiger partial charge in [0.15, 0.2) is 0 Å². The van der Waals surface area contributed by atoms with E-state index in [1.807, 2.05) is 21.8 Å². The fourth-order valence-electron chi connectivity index (χ4n) is 3.59. The maximum Gasteiger partial charge on any atom is 0.250 e. The second-order valence-corrected chi connectivity index (χ2v) is 6.36. The molecule has 2 aliphatic heterocycles. The van der Waals surface area contributed by atoms with Crippen molar-refractivity contribution in [3.63, 3.8) is 0 Å². The fraction of sp³-hybridized carbons (Fsp3) is 0.750. The van der Waals surface area contributed by atoms with Gasteiger partial charge in [-0.3, -0.25) is 14.4 Å². The third-order valence-corrected chi connectivity index (χ3v) is 5.04. The summed E-state index contributed by atoms with van der Waals surface area (Å²) in [6, 6.07) is 1.90. The molecule has 23 heavy (non-hydrogen) atoms. The number of hydrogen-bond donors (Lipinski definition) is 1. The topological polar surface area (TPSA) is 62.6 Å². The maximum atomic E-state index is 13.3. The normalized spacial score (nSPS) is 22.2. The lowest BCUT2D eigenvalue weighted by Gasteiger charge is -2.43. The predicted octanol–water partition coefficient (Wildman–Crippen LogP) is -0.248. The number of methoxy groups -OCH3 is 1. The van der Waals surface area contributed by atoms with Gasteiger partial charge in [0.05, 0.1) is 6.61 Å². The Bertz CT molecular complexity index is 491. The largest absolute Gasteiger partial charge is 0.383 e. The van der Waals surface area contributed by atoms with Gasteiger partial charge >= 0.3 is 0 Å². The summed E-state index contributed by atoms with van der Waals surface area (Å²) in [5.74, 6) is 0.231. The van der Waals surface area contributed by atoms with Gasteiger partial charge < -0.3 is 15.0 Å². The van der Waals surface area contributed by atoms with Crippen LogP contribution in [0.3, 0.4) is 0 Å². The first kappa shape index (κ1) is 16.4. The summed E-state index contributed by atoms with van der Waals surface area (Å²) < 4.78 is 7.02. The molecule has 0 spiro atoms. The number of ether oxygens (including phenoxy) is 1. The second-order valence-electron chi connectivity index (χ2n) is 6.36. The molecule has 3 heterocycles. The van der Waals surface area contributed by atoms with Crippen LogP contribution in [0, 0.1) is 0 Å². The third-order valence-electron chi connectivity index (χ3n) is 5.04. The molecule has 0 aliphatic carbocycles. The number of carbonyl (C=O) groups excluding carboxylic acids is 1. The van der Waals surface area contributed by atoms with Gasteiger partial charge in [-0.1, -0.05) is 0 Å². The van der Waals surface area contributed by atoms with E-state index in [1.54, 1.807) is 13.3 Å². The van der Waals surface area contributed by atoms with Gasteiger partial charge in [0, 0.05) is 52.2 Å². The number of rotatable bonds is 5. The quantitative estimate of drug-likeness (QED) is 0.810. The first-order valence-electron chi connectivity index (χ1n) is 8.48. The molecule has 0 radical (unpaired) electrons. The van der Waals surface area contributed by atoms with Crippen molar-refractivity contribution in [1.82, 2.24) is 24.9 Å². The van der Waals surface area contributed by atoms with Gasteiger partial charge in [-0.15, -0.1) is 0 Å². The number of carbonyl (C=O) groups is 1. The molecule has 3 rings (SSSR count). The molecule has 1 aromatic rings. The highest BCUT2D eigenvalue weighted by Gasteiger charge is 2.44. The van der Waals surface area contributed by atoms with Crippen LogP contribution in [0.5, 0.6) is 0 Å². The number of amides is 1. The van der Waals surface area contributed by atoms with E-state index in [0.717, 1.165) is 65.3 Å². The van der Waals surface area contributed by atoms with Crippen LogP contribution in [0.25, 0.3) is 0 Å². The fourth-order valence-corrected chi connectivity index (χ4v) is 3.59. The van der Waals surface area contributed by atoms with Crippen LogP contribution >= 0.6 is 0 Å². The third kappa shape index (κ3) is 3.41. The van der Waals surface area contributed by atoms with Gasteiger partial charge in [-0.25, -0.2) is 0 Å². The number of hydrogen-bond acceptors (Lipinski definition) is 5. The van der Waals surface area contributed by atoms with Crippen LogP contribution in [0.15, 0.2) is 18.5 Å². The van der Waals surface area contributed by atoms with Crippen LogP contribution < -0.4 is 5.32 Å². The van der Waals surface area contributed by atoms with Crippen molar-refractivity contribution in [2.45, 2.75) is 18.4 Å². The van der Waals surface area contributed by atoms with Crippen LogP contribution in [0.2, 0.25) is 0 Å². The predicted molar refractivity (Wildman–Crippen MR) is 87.2 cm³/mol. The molecule has 0 saturated carbocycles. The molecule has 1 aromatic heterocycles. The summed E-state index contributed by atoms with van der Waals surface area (Å²) in [5, 5.41) is 7.75. The van der Waals surface area contributed by atoms with Crippen LogP contribution in [0.4, 0.5) is 0 Å². The lowest BCUT2D eigenvalue weighted by molar-refractivity contribution is -0.145. The lowest BCUT2D eigenvalue weighted by atomic mass is 9.86. The average Bonchev–Trinajstić information content (AvgIpc) is 3.15. The van der Waals surface area contributed by atoms with E-state index in [4.69, 9.17) is 4.74 Å². The smallest absolute Gasteiger partial charge is 0.250 e. The number of piperazine rings is 1. The summed E-state index contributed by atoms with van der Waals surface area (Å²) in [5.41, 5.74) is -0.510. The Morgan fingerprint density at radius 2 is 2.00 bits per heavy atom. The van der Waals surface area contributed by atoms with Gasteiger partial charge in [-0.05, 0) is 32.0 Å². The van der Waals surface area contributed by atoms with Crippen molar-refractivity contribution in [2.24, 2.45) is 0 Å². The molecular formula is C16H27N5O2. The van der Waals surface area contributed by atoms with Crippen molar-refractivity contribution in [3.8, 4) is 0 Å². The zero-order valence-corrected chi connectivity index (χ0v) is 13.9. The molecule has 1 N–H and O–H groups in total. The minimum absolute atomic E-state index is 0.231. The summed E-state index contributed by atoms with van der Waals surface area (Å²) in [4.78, 5) is 17.7. The van der Waals surface area contributed by atoms with Gasteiger partial charge in [-0.2, -0.15) is 5.10 Å². The lowest BCUT2D eigenvalue weighted by Crippen LogP contribution is -2.59. The summed E-state index contributed by atoms with van der Waals surface area (Å²) in [7, 11) is 1.73. The molecule has 2 fully saturated rings.